The lowest BCUT2D eigenvalue weighted by Gasteiger charge is -2.00. The Balaban J connectivity index is 2.61. The van der Waals surface area contributed by atoms with Gasteiger partial charge in [-0.25, -0.2) is 0 Å². The summed E-state index contributed by atoms with van der Waals surface area (Å²) in [6.07, 6.45) is 0. The van der Waals surface area contributed by atoms with E-state index < -0.39 is 0 Å². The van der Waals surface area contributed by atoms with Crippen LogP contribution in [0.3, 0.4) is 0 Å². The van der Waals surface area contributed by atoms with Crippen LogP contribution in [0.4, 0.5) is 0 Å². The lowest BCUT2D eigenvalue weighted by molar-refractivity contribution is -0.703. The van der Waals surface area contributed by atoms with Crippen LogP contribution in [0.25, 0.3) is 21.8 Å². The van der Waals surface area contributed by atoms with E-state index in [2.05, 4.69) is 39.2 Å². The maximum Gasteiger partial charge on any atom is 0.239 e. The van der Waals surface area contributed by atoms with E-state index in [1.165, 1.54) is 10.8 Å². The van der Waals surface area contributed by atoms with Gasteiger partial charge in [-0.1, -0.05) is 38.8 Å². The highest BCUT2D eigenvalue weighted by Crippen LogP contribution is 2.23. The number of nitrogens with zero attached hydrogens (tertiary/aromatic N) is 2. The minimum absolute atomic E-state index is 1.02. The van der Waals surface area contributed by atoms with E-state index in [9.17, 15) is 0 Å². The second kappa shape index (κ2) is 3.52. The molecular formula is C13H10BrN2+. The molecule has 0 bridgehead atoms. The van der Waals surface area contributed by atoms with Gasteiger partial charge in [0.2, 0.25) is 5.52 Å². The number of fused-ring (bicyclic) bond motifs is 3. The maximum atomic E-state index is 4.53. The molecule has 3 aromatic rings. The van der Waals surface area contributed by atoms with Crippen LogP contribution in [0.15, 0.2) is 46.9 Å². The number of hydrogen-bond acceptors (Lipinski definition) is 1. The molecule has 0 spiro atoms. The normalized spacial score (nSPS) is 11.1. The third-order valence-corrected chi connectivity index (χ3v) is 3.25. The molecule has 0 aliphatic rings. The Morgan fingerprint density at radius 3 is 2.75 bits per heavy atom. The Kier molecular flexibility index (Phi) is 2.14. The van der Waals surface area contributed by atoms with Gasteiger partial charge in [-0.05, 0) is 18.2 Å². The van der Waals surface area contributed by atoms with Crippen molar-refractivity contribution in [3.05, 3.63) is 46.9 Å². The van der Waals surface area contributed by atoms with Crippen molar-refractivity contribution in [1.29, 1.82) is 0 Å². The van der Waals surface area contributed by atoms with Gasteiger partial charge in [0.15, 0.2) is 7.05 Å². The Hall–Kier alpha value is -1.48. The number of rotatable bonds is 0. The van der Waals surface area contributed by atoms with E-state index in [1.54, 1.807) is 0 Å². The molecule has 16 heavy (non-hydrogen) atoms. The van der Waals surface area contributed by atoms with Crippen molar-refractivity contribution in [2.45, 2.75) is 0 Å². The summed E-state index contributed by atoms with van der Waals surface area (Å²) in [5.74, 6) is 0. The van der Waals surface area contributed by atoms with Gasteiger partial charge in [-0.2, -0.15) is 0 Å². The monoisotopic (exact) mass is 273 g/mol. The molecule has 2 nitrogen and oxygen atoms in total. The fourth-order valence-corrected chi connectivity index (χ4v) is 2.37. The van der Waals surface area contributed by atoms with Crippen LogP contribution in [0, 0.1) is 0 Å². The van der Waals surface area contributed by atoms with Crippen LogP contribution in [0.1, 0.15) is 0 Å². The molecule has 78 valence electrons. The predicted molar refractivity (Wildman–Crippen MR) is 68.1 cm³/mol. The smallest absolute Gasteiger partial charge is 0.0858 e. The van der Waals surface area contributed by atoms with Crippen molar-refractivity contribution < 1.29 is 4.68 Å². The van der Waals surface area contributed by atoms with Crippen molar-refractivity contribution in [1.82, 2.24) is 5.10 Å². The van der Waals surface area contributed by atoms with Crippen LogP contribution in [0.2, 0.25) is 0 Å². The van der Waals surface area contributed by atoms with E-state index in [0.29, 0.717) is 0 Å². The summed E-state index contributed by atoms with van der Waals surface area (Å²) in [6.45, 7) is 0. The molecule has 0 fully saturated rings. The number of benzene rings is 2. The third-order valence-electron chi connectivity index (χ3n) is 2.76. The number of hydrogen-bond donors (Lipinski definition) is 0. The number of aromatic nitrogens is 2. The average molecular weight is 274 g/mol. The SMILES string of the molecule is C[n+]1nc2ccccc2c2cc(Br)ccc21. The van der Waals surface area contributed by atoms with Gasteiger partial charge in [0.1, 0.15) is 5.52 Å². The molecule has 0 N–H and O–H groups in total. The summed E-state index contributed by atoms with van der Waals surface area (Å²) < 4.78 is 3.01. The maximum absolute atomic E-state index is 4.53. The fraction of sp³-hybridized carbons (Fsp3) is 0.0769. The van der Waals surface area contributed by atoms with E-state index in [4.69, 9.17) is 0 Å². The zero-order valence-corrected chi connectivity index (χ0v) is 10.4. The average Bonchev–Trinajstić information content (AvgIpc) is 2.29. The van der Waals surface area contributed by atoms with Gasteiger partial charge in [0, 0.05) is 21.0 Å². The Morgan fingerprint density at radius 1 is 1.06 bits per heavy atom. The molecule has 0 saturated carbocycles. The largest absolute Gasteiger partial charge is 0.239 e. The summed E-state index contributed by atoms with van der Waals surface area (Å²) in [5, 5.41) is 6.95. The number of halogens is 1. The van der Waals surface area contributed by atoms with Crippen molar-refractivity contribution in [3.63, 3.8) is 0 Å². The first-order valence-corrected chi connectivity index (χ1v) is 5.89. The van der Waals surface area contributed by atoms with Crippen LogP contribution >= 0.6 is 15.9 Å². The minimum Gasteiger partial charge on any atom is -0.0858 e. The highest BCUT2D eigenvalue weighted by molar-refractivity contribution is 9.10. The molecule has 3 heteroatoms. The standard InChI is InChI=1S/C13H10BrN2/c1-16-13-7-6-9(14)8-11(13)10-4-2-3-5-12(10)15-16/h2-8H,1H3/q+1. The summed E-state index contributed by atoms with van der Waals surface area (Å²) in [6, 6.07) is 14.5. The van der Waals surface area contributed by atoms with Gasteiger partial charge in [-0.15, -0.1) is 0 Å². The van der Waals surface area contributed by atoms with Crippen molar-refractivity contribution in [2.75, 3.05) is 0 Å². The summed E-state index contributed by atoms with van der Waals surface area (Å²) in [7, 11) is 1.97. The summed E-state index contributed by atoms with van der Waals surface area (Å²) >= 11 is 3.51. The van der Waals surface area contributed by atoms with Crippen molar-refractivity contribution in [3.8, 4) is 0 Å². The molecular weight excluding hydrogens is 264 g/mol. The first kappa shape index (κ1) is 9.73. The first-order valence-electron chi connectivity index (χ1n) is 5.10. The zero-order chi connectivity index (χ0) is 11.1. The zero-order valence-electron chi connectivity index (χ0n) is 8.81. The molecule has 0 aliphatic heterocycles. The van der Waals surface area contributed by atoms with Crippen LogP contribution < -0.4 is 4.68 Å². The lowest BCUT2D eigenvalue weighted by Crippen LogP contribution is -2.33. The molecule has 2 aromatic carbocycles. The molecule has 0 saturated heterocycles. The highest BCUT2D eigenvalue weighted by atomic mass is 79.9. The van der Waals surface area contributed by atoms with Crippen molar-refractivity contribution >= 4 is 37.7 Å². The fourth-order valence-electron chi connectivity index (χ4n) is 2.01. The number of aryl methyl sites for hydroxylation is 1. The second-order valence-corrected chi connectivity index (χ2v) is 4.72. The van der Waals surface area contributed by atoms with Gasteiger partial charge in [0.25, 0.3) is 0 Å². The van der Waals surface area contributed by atoms with Gasteiger partial charge < -0.3 is 0 Å². The molecule has 0 atom stereocenters. The van der Waals surface area contributed by atoms with Crippen molar-refractivity contribution in [2.24, 2.45) is 7.05 Å². The molecule has 0 aliphatic carbocycles. The minimum atomic E-state index is 1.02. The molecule has 0 radical (unpaired) electrons. The second-order valence-electron chi connectivity index (χ2n) is 3.80. The van der Waals surface area contributed by atoms with E-state index in [1.807, 2.05) is 36.0 Å². The molecule has 0 amide bonds. The van der Waals surface area contributed by atoms with Crippen LogP contribution in [0.5, 0.6) is 0 Å². The van der Waals surface area contributed by atoms with Gasteiger partial charge in [-0.3, -0.25) is 0 Å². The first-order chi connectivity index (χ1) is 7.75. The summed E-state index contributed by atoms with van der Waals surface area (Å²) in [5.41, 5.74) is 2.16. The summed E-state index contributed by atoms with van der Waals surface area (Å²) in [4.78, 5) is 0. The van der Waals surface area contributed by atoms with E-state index in [-0.39, 0.29) is 0 Å². The Bertz CT molecular complexity index is 692. The molecule has 0 unspecified atom stereocenters. The molecule has 1 aromatic heterocycles. The quantitative estimate of drug-likeness (QED) is 0.455. The third kappa shape index (κ3) is 1.39. The Morgan fingerprint density at radius 2 is 1.88 bits per heavy atom. The van der Waals surface area contributed by atoms with Gasteiger partial charge >= 0.3 is 0 Å². The van der Waals surface area contributed by atoms with E-state index >= 15 is 0 Å². The Labute approximate surface area is 102 Å². The predicted octanol–water partition coefficient (Wildman–Crippen LogP) is 2.98. The van der Waals surface area contributed by atoms with Gasteiger partial charge in [0.05, 0.1) is 5.39 Å². The van der Waals surface area contributed by atoms with E-state index in [0.717, 1.165) is 15.5 Å². The van der Waals surface area contributed by atoms with Crippen LogP contribution in [-0.2, 0) is 7.05 Å². The van der Waals surface area contributed by atoms with Crippen LogP contribution in [-0.4, -0.2) is 5.10 Å². The molecule has 3 rings (SSSR count). The highest BCUT2D eigenvalue weighted by Gasteiger charge is 2.11. The topological polar surface area (TPSA) is 16.8 Å². The lowest BCUT2D eigenvalue weighted by atomic mass is 10.1. The molecule has 1 heterocycles.